The first-order valence-electron chi connectivity index (χ1n) is 9.85. The van der Waals surface area contributed by atoms with Gasteiger partial charge in [0.15, 0.2) is 0 Å². The number of carbonyl (C=O) groups is 4. The molecule has 0 N–H and O–H groups in total. The van der Waals surface area contributed by atoms with Crippen LogP contribution >= 0.6 is 0 Å². The topological polar surface area (TPSA) is 86.7 Å². The van der Waals surface area contributed by atoms with Crippen LogP contribution in [0.25, 0.3) is 0 Å². The molecule has 0 saturated carbocycles. The van der Waals surface area contributed by atoms with E-state index in [0.29, 0.717) is 12.8 Å². The van der Waals surface area contributed by atoms with Crippen LogP contribution in [0, 0.1) is 11.8 Å². The molecule has 150 valence electrons. The van der Waals surface area contributed by atoms with Gasteiger partial charge in [-0.25, -0.2) is 9.59 Å². The van der Waals surface area contributed by atoms with Gasteiger partial charge in [-0.15, -0.1) is 0 Å². The van der Waals surface area contributed by atoms with E-state index in [2.05, 4.69) is 23.3 Å². The van der Waals surface area contributed by atoms with Gasteiger partial charge in [0.1, 0.15) is 0 Å². The van der Waals surface area contributed by atoms with Gasteiger partial charge >= 0.3 is 23.9 Å². The molecule has 0 aromatic carbocycles. The molecule has 0 aliphatic rings. The van der Waals surface area contributed by atoms with Gasteiger partial charge in [0.25, 0.3) is 0 Å². The molecule has 0 aliphatic carbocycles. The van der Waals surface area contributed by atoms with Crippen molar-refractivity contribution in [2.45, 2.75) is 91.9 Å². The molecule has 0 saturated heterocycles. The van der Waals surface area contributed by atoms with Crippen LogP contribution in [0.2, 0.25) is 0 Å². The van der Waals surface area contributed by atoms with E-state index in [1.165, 1.54) is 0 Å². The minimum Gasteiger partial charge on any atom is -0.384 e. The third-order valence-electron chi connectivity index (χ3n) is 4.34. The zero-order valence-corrected chi connectivity index (χ0v) is 16.7. The van der Waals surface area contributed by atoms with E-state index in [9.17, 15) is 19.2 Å². The summed E-state index contributed by atoms with van der Waals surface area (Å²) in [6.07, 6.45) is 9.28. The molecule has 0 radical (unpaired) electrons. The molecular formula is C20H34O6. The highest BCUT2D eigenvalue weighted by Gasteiger charge is 2.28. The van der Waals surface area contributed by atoms with Gasteiger partial charge in [-0.1, -0.05) is 79.1 Å². The quantitative estimate of drug-likeness (QED) is 0.220. The average Bonchev–Trinajstić information content (AvgIpc) is 2.61. The number of ether oxygens (including phenoxy) is 2. The molecule has 0 rings (SSSR count). The summed E-state index contributed by atoms with van der Waals surface area (Å²) in [5.74, 6) is -5.33. The Balaban J connectivity index is 4.18. The Bertz CT molecular complexity index is 415. The van der Waals surface area contributed by atoms with Gasteiger partial charge in [-0.3, -0.25) is 9.59 Å². The standard InChI is InChI=1S/C20H34O6/c1-5-7-9-11-13-15(3)17(21)25-19(23)20(24)26-18(22)16(4)14-12-10-8-6-2/h15-16H,5-14H2,1-4H3. The minimum atomic E-state index is -1.43. The van der Waals surface area contributed by atoms with E-state index >= 15 is 0 Å². The molecule has 6 nitrogen and oxygen atoms in total. The van der Waals surface area contributed by atoms with Crippen molar-refractivity contribution >= 4 is 23.9 Å². The van der Waals surface area contributed by atoms with E-state index in [1.807, 2.05) is 0 Å². The van der Waals surface area contributed by atoms with Crippen molar-refractivity contribution in [2.24, 2.45) is 11.8 Å². The van der Waals surface area contributed by atoms with Crippen LogP contribution in [0.4, 0.5) is 0 Å². The van der Waals surface area contributed by atoms with Crippen molar-refractivity contribution in [3.63, 3.8) is 0 Å². The Kier molecular flexibility index (Phi) is 13.5. The fourth-order valence-corrected chi connectivity index (χ4v) is 2.46. The van der Waals surface area contributed by atoms with Crippen LogP contribution in [0.15, 0.2) is 0 Å². The molecule has 2 unspecified atom stereocenters. The summed E-state index contributed by atoms with van der Waals surface area (Å²) in [6, 6.07) is 0. The summed E-state index contributed by atoms with van der Waals surface area (Å²) < 4.78 is 9.04. The van der Waals surface area contributed by atoms with Crippen LogP contribution in [-0.2, 0) is 28.7 Å². The Hall–Kier alpha value is -1.72. The van der Waals surface area contributed by atoms with E-state index < -0.39 is 35.7 Å². The highest BCUT2D eigenvalue weighted by Crippen LogP contribution is 2.14. The Morgan fingerprint density at radius 1 is 0.615 bits per heavy atom. The predicted molar refractivity (Wildman–Crippen MR) is 98.0 cm³/mol. The van der Waals surface area contributed by atoms with Crippen molar-refractivity contribution in [3.8, 4) is 0 Å². The van der Waals surface area contributed by atoms with Crippen molar-refractivity contribution in [2.75, 3.05) is 0 Å². The van der Waals surface area contributed by atoms with Crippen molar-refractivity contribution in [3.05, 3.63) is 0 Å². The van der Waals surface area contributed by atoms with Crippen LogP contribution < -0.4 is 0 Å². The summed E-state index contributed by atoms with van der Waals surface area (Å²) >= 11 is 0. The SMILES string of the molecule is CCCCCCC(C)C(=O)OC(=O)C(=O)OC(=O)C(C)CCCCCC. The summed E-state index contributed by atoms with van der Waals surface area (Å²) in [7, 11) is 0. The largest absolute Gasteiger partial charge is 0.425 e. The van der Waals surface area contributed by atoms with Crippen molar-refractivity contribution in [1.29, 1.82) is 0 Å². The maximum Gasteiger partial charge on any atom is 0.425 e. The summed E-state index contributed by atoms with van der Waals surface area (Å²) in [4.78, 5) is 46.9. The second kappa shape index (κ2) is 14.4. The molecular weight excluding hydrogens is 336 g/mol. The van der Waals surface area contributed by atoms with Gasteiger partial charge in [-0.05, 0) is 12.8 Å². The zero-order valence-electron chi connectivity index (χ0n) is 16.7. The van der Waals surface area contributed by atoms with Gasteiger partial charge in [0.05, 0.1) is 11.8 Å². The molecule has 0 spiro atoms. The predicted octanol–water partition coefficient (Wildman–Crippen LogP) is 4.34. The van der Waals surface area contributed by atoms with Gasteiger partial charge in [-0.2, -0.15) is 0 Å². The molecule has 0 heterocycles. The normalized spacial score (nSPS) is 12.9. The molecule has 0 aromatic rings. The van der Waals surface area contributed by atoms with Crippen molar-refractivity contribution in [1.82, 2.24) is 0 Å². The molecule has 0 fully saturated rings. The monoisotopic (exact) mass is 370 g/mol. The number of hydrogen-bond donors (Lipinski definition) is 0. The number of hydrogen-bond acceptors (Lipinski definition) is 6. The van der Waals surface area contributed by atoms with Crippen LogP contribution in [0.3, 0.4) is 0 Å². The molecule has 0 aliphatic heterocycles. The summed E-state index contributed by atoms with van der Waals surface area (Å²) in [6.45, 7) is 7.48. The van der Waals surface area contributed by atoms with E-state index in [0.717, 1.165) is 51.4 Å². The van der Waals surface area contributed by atoms with Crippen molar-refractivity contribution < 1.29 is 28.7 Å². The first kappa shape index (κ1) is 24.3. The molecule has 0 aromatic heterocycles. The van der Waals surface area contributed by atoms with E-state index in [1.54, 1.807) is 13.8 Å². The second-order valence-corrected chi connectivity index (χ2v) is 6.92. The van der Waals surface area contributed by atoms with Gasteiger partial charge in [0.2, 0.25) is 0 Å². The number of rotatable bonds is 12. The second-order valence-electron chi connectivity index (χ2n) is 6.92. The van der Waals surface area contributed by atoms with Gasteiger partial charge < -0.3 is 9.47 Å². The Morgan fingerprint density at radius 2 is 0.962 bits per heavy atom. The average molecular weight is 370 g/mol. The fourth-order valence-electron chi connectivity index (χ4n) is 2.46. The third-order valence-corrected chi connectivity index (χ3v) is 4.34. The maximum atomic E-state index is 11.8. The van der Waals surface area contributed by atoms with E-state index in [-0.39, 0.29) is 0 Å². The lowest BCUT2D eigenvalue weighted by molar-refractivity contribution is -0.179. The molecule has 26 heavy (non-hydrogen) atoms. The third kappa shape index (κ3) is 11.0. The highest BCUT2D eigenvalue weighted by atomic mass is 16.6. The molecule has 0 bridgehead atoms. The van der Waals surface area contributed by atoms with Crippen LogP contribution in [-0.4, -0.2) is 23.9 Å². The molecule has 6 heteroatoms. The highest BCUT2D eigenvalue weighted by molar-refractivity contribution is 6.33. The first-order chi connectivity index (χ1) is 12.3. The smallest absolute Gasteiger partial charge is 0.384 e. The van der Waals surface area contributed by atoms with Crippen LogP contribution in [0.5, 0.6) is 0 Å². The zero-order chi connectivity index (χ0) is 19.9. The molecule has 0 amide bonds. The minimum absolute atomic E-state index is 0.475. The lowest BCUT2D eigenvalue weighted by atomic mass is 10.0. The summed E-state index contributed by atoms with van der Waals surface area (Å²) in [5.41, 5.74) is 0. The number of esters is 4. The van der Waals surface area contributed by atoms with E-state index in [4.69, 9.17) is 0 Å². The van der Waals surface area contributed by atoms with Crippen LogP contribution in [0.1, 0.15) is 91.9 Å². The lowest BCUT2D eigenvalue weighted by Crippen LogP contribution is -2.29. The van der Waals surface area contributed by atoms with Gasteiger partial charge in [0, 0.05) is 0 Å². The first-order valence-corrected chi connectivity index (χ1v) is 9.85. The number of carbonyl (C=O) groups excluding carboxylic acids is 4. The molecule has 2 atom stereocenters. The fraction of sp³-hybridized carbons (Fsp3) is 0.800. The summed E-state index contributed by atoms with van der Waals surface area (Å²) in [5, 5.41) is 0. The maximum absolute atomic E-state index is 11.8. The lowest BCUT2D eigenvalue weighted by Gasteiger charge is -2.11. The Labute approximate surface area is 157 Å². The Morgan fingerprint density at radius 3 is 1.27 bits per heavy atom. The number of unbranched alkanes of at least 4 members (excludes halogenated alkanes) is 6.